The Kier molecular flexibility index (Phi) is 5.96. The molecule has 3 aromatic heterocycles. The first-order chi connectivity index (χ1) is 25.3. The number of para-hydroxylation sites is 2. The summed E-state index contributed by atoms with van der Waals surface area (Å²) >= 11 is 0. The van der Waals surface area contributed by atoms with Crippen molar-refractivity contribution in [3.8, 4) is 33.6 Å². The van der Waals surface area contributed by atoms with Gasteiger partial charge < -0.3 is 13.6 Å². The molecule has 51 heavy (non-hydrogen) atoms. The Morgan fingerprint density at radius 3 is 1.35 bits per heavy atom. The fourth-order valence-corrected chi connectivity index (χ4v) is 8.15. The van der Waals surface area contributed by atoms with Gasteiger partial charge in [0.25, 0.3) is 0 Å². The third kappa shape index (κ3) is 4.25. The zero-order valence-corrected chi connectivity index (χ0v) is 27.6. The summed E-state index contributed by atoms with van der Waals surface area (Å²) in [4.78, 5) is 0. The minimum Gasteiger partial charge on any atom is -0.456 e. The van der Waals surface area contributed by atoms with Crippen LogP contribution in [0.4, 0.5) is 0 Å². The van der Waals surface area contributed by atoms with Gasteiger partial charge in [0.2, 0.25) is 0 Å². The topological polar surface area (TPSA) is 23.0 Å². The summed E-state index contributed by atoms with van der Waals surface area (Å²) in [6, 6.07) is 65.5. The van der Waals surface area contributed by atoms with Crippen LogP contribution in [0, 0.1) is 0 Å². The Morgan fingerprint density at radius 1 is 0.275 bits per heavy atom. The molecular weight excluding hydrogens is 621 g/mol. The molecule has 0 aliphatic rings. The fraction of sp³-hybridized carbons (Fsp3) is 0. The molecule has 0 spiro atoms. The van der Waals surface area contributed by atoms with Gasteiger partial charge in [0.1, 0.15) is 11.2 Å². The van der Waals surface area contributed by atoms with Gasteiger partial charge in [-0.2, -0.15) is 0 Å². The summed E-state index contributed by atoms with van der Waals surface area (Å²) < 4.78 is 11.3. The van der Waals surface area contributed by atoms with Crippen LogP contribution in [0.25, 0.3) is 99.2 Å². The monoisotopic (exact) mass is 650 g/mol. The molecule has 0 amide bonds. The van der Waals surface area contributed by atoms with Crippen LogP contribution < -0.4 is 0 Å². The average molecular weight is 651 g/mol. The summed E-state index contributed by atoms with van der Waals surface area (Å²) in [5, 5.41) is 7.18. The second-order valence-electron chi connectivity index (χ2n) is 13.4. The van der Waals surface area contributed by atoms with Gasteiger partial charge >= 0.3 is 0 Å². The van der Waals surface area contributed by atoms with Gasteiger partial charge in [-0.05, 0) is 89.0 Å². The van der Waals surface area contributed by atoms with E-state index < -0.39 is 0 Å². The van der Waals surface area contributed by atoms with E-state index in [1.807, 2.05) is 0 Å². The lowest BCUT2D eigenvalue weighted by atomic mass is 10.0. The maximum absolute atomic E-state index is 6.57. The molecule has 238 valence electrons. The summed E-state index contributed by atoms with van der Waals surface area (Å²) in [6.45, 7) is 0. The molecule has 0 aliphatic heterocycles. The first-order valence-corrected chi connectivity index (χ1v) is 17.4. The number of fused-ring (bicyclic) bond motifs is 9. The summed E-state index contributed by atoms with van der Waals surface area (Å²) in [6.07, 6.45) is 0. The highest BCUT2D eigenvalue weighted by molar-refractivity contribution is 6.13. The molecule has 0 atom stereocenters. The highest BCUT2D eigenvalue weighted by Crippen LogP contribution is 2.40. The second-order valence-corrected chi connectivity index (χ2v) is 13.4. The van der Waals surface area contributed by atoms with Crippen molar-refractivity contribution in [1.29, 1.82) is 0 Å². The molecule has 0 aliphatic carbocycles. The van der Waals surface area contributed by atoms with Crippen molar-refractivity contribution < 1.29 is 4.42 Å². The molecule has 0 saturated carbocycles. The fourth-order valence-electron chi connectivity index (χ4n) is 8.15. The highest BCUT2D eigenvalue weighted by Gasteiger charge is 2.18. The van der Waals surface area contributed by atoms with Gasteiger partial charge in [0.05, 0.1) is 22.1 Å². The van der Waals surface area contributed by atoms with Gasteiger partial charge in [-0.3, -0.25) is 0 Å². The van der Waals surface area contributed by atoms with E-state index >= 15 is 0 Å². The van der Waals surface area contributed by atoms with Gasteiger partial charge in [-0.1, -0.05) is 109 Å². The number of hydrogen-bond acceptors (Lipinski definition) is 1. The van der Waals surface area contributed by atoms with Crippen LogP contribution in [0.2, 0.25) is 0 Å². The third-order valence-electron chi connectivity index (χ3n) is 10.5. The van der Waals surface area contributed by atoms with E-state index in [1.165, 1.54) is 65.9 Å². The molecule has 11 rings (SSSR count). The molecule has 11 aromatic rings. The summed E-state index contributed by atoms with van der Waals surface area (Å²) in [7, 11) is 0. The predicted octanol–water partition coefficient (Wildman–Crippen LogP) is 13.1. The maximum atomic E-state index is 6.57. The van der Waals surface area contributed by atoms with Gasteiger partial charge in [-0.15, -0.1) is 0 Å². The van der Waals surface area contributed by atoms with Crippen molar-refractivity contribution in [2.24, 2.45) is 0 Å². The number of hydrogen-bond donors (Lipinski definition) is 0. The second kappa shape index (κ2) is 10.8. The van der Waals surface area contributed by atoms with E-state index in [0.29, 0.717) is 0 Å². The quantitative estimate of drug-likeness (QED) is 0.186. The minimum atomic E-state index is 0.878. The Morgan fingerprint density at radius 2 is 0.765 bits per heavy atom. The van der Waals surface area contributed by atoms with Crippen molar-refractivity contribution >= 4 is 65.6 Å². The largest absolute Gasteiger partial charge is 0.456 e. The van der Waals surface area contributed by atoms with Crippen molar-refractivity contribution in [3.05, 3.63) is 182 Å². The van der Waals surface area contributed by atoms with Crippen LogP contribution in [-0.2, 0) is 0 Å². The van der Waals surface area contributed by atoms with Gasteiger partial charge in [0, 0.05) is 49.8 Å². The Hall–Kier alpha value is -6.84. The van der Waals surface area contributed by atoms with E-state index in [1.54, 1.807) is 0 Å². The lowest BCUT2D eigenvalue weighted by Gasteiger charge is -2.09. The molecule has 0 bridgehead atoms. The molecule has 0 saturated heterocycles. The smallest absolute Gasteiger partial charge is 0.137 e. The van der Waals surface area contributed by atoms with Crippen LogP contribution >= 0.6 is 0 Å². The van der Waals surface area contributed by atoms with Gasteiger partial charge in [-0.25, -0.2) is 0 Å². The predicted molar refractivity (Wildman–Crippen MR) is 213 cm³/mol. The minimum absolute atomic E-state index is 0.878. The molecule has 3 heterocycles. The van der Waals surface area contributed by atoms with Crippen molar-refractivity contribution in [3.63, 3.8) is 0 Å². The lowest BCUT2D eigenvalue weighted by Crippen LogP contribution is -1.94. The lowest BCUT2D eigenvalue weighted by molar-refractivity contribution is 0.668. The number of benzene rings is 8. The molecule has 0 N–H and O–H groups in total. The zero-order valence-electron chi connectivity index (χ0n) is 27.6. The van der Waals surface area contributed by atoms with E-state index in [9.17, 15) is 0 Å². The van der Waals surface area contributed by atoms with E-state index in [0.717, 1.165) is 33.3 Å². The van der Waals surface area contributed by atoms with Crippen molar-refractivity contribution in [1.82, 2.24) is 9.13 Å². The summed E-state index contributed by atoms with van der Waals surface area (Å²) in [5.74, 6) is 0. The normalized spacial score (nSPS) is 11.9. The molecule has 3 heteroatoms. The molecule has 8 aromatic carbocycles. The molecule has 0 radical (unpaired) electrons. The zero-order chi connectivity index (χ0) is 33.5. The van der Waals surface area contributed by atoms with Crippen molar-refractivity contribution in [2.75, 3.05) is 0 Å². The molecule has 0 unspecified atom stereocenters. The number of aromatic nitrogens is 2. The third-order valence-corrected chi connectivity index (χ3v) is 10.5. The first-order valence-electron chi connectivity index (χ1n) is 17.4. The first kappa shape index (κ1) is 28.0. The Labute approximate surface area is 293 Å². The highest BCUT2D eigenvalue weighted by atomic mass is 16.3. The van der Waals surface area contributed by atoms with Crippen molar-refractivity contribution in [2.45, 2.75) is 0 Å². The number of nitrogens with zero attached hydrogens (tertiary/aromatic N) is 2. The van der Waals surface area contributed by atoms with Crippen LogP contribution in [0.3, 0.4) is 0 Å². The van der Waals surface area contributed by atoms with Crippen LogP contribution in [-0.4, -0.2) is 9.13 Å². The number of rotatable bonds is 4. The van der Waals surface area contributed by atoms with E-state index in [-0.39, 0.29) is 0 Å². The maximum Gasteiger partial charge on any atom is 0.137 e. The summed E-state index contributed by atoms with van der Waals surface area (Å²) in [5.41, 5.74) is 13.5. The van der Waals surface area contributed by atoms with E-state index in [2.05, 4.69) is 191 Å². The SMILES string of the molecule is c1ccc(-c2ccc3c(c2)c2cc(-c4ccccc4)ccc2n3-c2ccc3oc4cc(-n5c6ccccc6c6ccccc65)ccc4c3c2)cc1. The van der Waals surface area contributed by atoms with Crippen LogP contribution in [0.5, 0.6) is 0 Å². The average Bonchev–Trinajstić information content (AvgIpc) is 3.85. The Balaban J connectivity index is 1.11. The Bertz CT molecular complexity index is 2980. The molecule has 0 fully saturated rings. The van der Waals surface area contributed by atoms with Crippen LogP contribution in [0.15, 0.2) is 186 Å². The molecule has 3 nitrogen and oxygen atoms in total. The number of furan rings is 1. The van der Waals surface area contributed by atoms with E-state index in [4.69, 9.17) is 4.42 Å². The van der Waals surface area contributed by atoms with Gasteiger partial charge in [0.15, 0.2) is 0 Å². The van der Waals surface area contributed by atoms with Crippen LogP contribution in [0.1, 0.15) is 0 Å². The molecular formula is C48H30N2O. The standard InChI is InChI=1S/C48H30N2O/c1-3-11-31(12-4-1)33-19-24-45-40(27-33)41-28-34(32-13-5-2-6-14-32)20-25-46(41)49(45)35-22-26-47-42(29-35)39-23-21-36(30-48(39)51-47)50-43-17-9-7-15-37(43)38-16-8-10-18-44(38)50/h1-30H.